The number of halogens is 1. The molecular weight excluding hydrogens is 159 g/mol. The highest BCUT2D eigenvalue weighted by atomic mass is 19.2. The Hall–Kier alpha value is -0.270. The number of aliphatic hydroxyl groups is 4. The van der Waals surface area contributed by atoms with Gasteiger partial charge in [0.2, 0.25) is 0 Å². The summed E-state index contributed by atoms with van der Waals surface area (Å²) in [5, 5.41) is 34.8. The number of alkyl halides is 1. The van der Waals surface area contributed by atoms with Gasteiger partial charge in [-0.1, -0.05) is 0 Å². The van der Waals surface area contributed by atoms with E-state index in [1.54, 1.807) is 0 Å². The molecule has 0 radical (unpaired) electrons. The minimum absolute atomic E-state index is 0.550. The van der Waals surface area contributed by atoms with Gasteiger partial charge in [0.1, 0.15) is 12.2 Å². The first-order chi connectivity index (χ1) is 4.95. The first-order valence-corrected chi connectivity index (χ1v) is 3.04. The first kappa shape index (κ1) is 8.82. The van der Waals surface area contributed by atoms with Crippen LogP contribution in [0.25, 0.3) is 0 Å². The van der Waals surface area contributed by atoms with Crippen molar-refractivity contribution in [2.75, 3.05) is 6.61 Å². The summed E-state index contributed by atoms with van der Waals surface area (Å²) in [6.45, 7) is -0.550. The van der Waals surface area contributed by atoms with Gasteiger partial charge in [0, 0.05) is 0 Å². The van der Waals surface area contributed by atoms with Crippen molar-refractivity contribution in [3.8, 4) is 0 Å². The highest BCUT2D eigenvalue weighted by Gasteiger charge is 2.49. The maximum Gasteiger partial charge on any atom is 0.347 e. The van der Waals surface area contributed by atoms with Gasteiger partial charge in [0.15, 0.2) is 6.10 Å². The summed E-state index contributed by atoms with van der Waals surface area (Å²) >= 11 is 0. The van der Waals surface area contributed by atoms with E-state index in [1.807, 2.05) is 0 Å². The third-order valence-corrected chi connectivity index (χ3v) is 1.54. The SMILES string of the molecule is O[C@H]1[C@H](O)COC(O)(F)[C@@H]1O. The smallest absolute Gasteiger partial charge is 0.347 e. The van der Waals surface area contributed by atoms with E-state index in [1.165, 1.54) is 0 Å². The number of ether oxygens (including phenoxy) is 1. The van der Waals surface area contributed by atoms with E-state index in [0.717, 1.165) is 0 Å². The lowest BCUT2D eigenvalue weighted by atomic mass is 10.0. The molecule has 66 valence electrons. The Balaban J connectivity index is 2.67. The summed E-state index contributed by atoms with van der Waals surface area (Å²) < 4.78 is 16.5. The number of aliphatic hydroxyl groups excluding tert-OH is 3. The van der Waals surface area contributed by atoms with Crippen LogP contribution in [0.15, 0.2) is 0 Å². The van der Waals surface area contributed by atoms with Gasteiger partial charge in [-0.3, -0.25) is 0 Å². The molecule has 0 aromatic rings. The molecule has 1 aliphatic rings. The molecule has 0 aliphatic carbocycles. The maximum absolute atomic E-state index is 12.5. The van der Waals surface area contributed by atoms with Crippen LogP contribution in [0.4, 0.5) is 4.39 Å². The van der Waals surface area contributed by atoms with E-state index in [0.29, 0.717) is 0 Å². The number of rotatable bonds is 0. The van der Waals surface area contributed by atoms with Gasteiger partial charge >= 0.3 is 6.04 Å². The molecule has 1 rings (SSSR count). The van der Waals surface area contributed by atoms with Crippen LogP contribution in [0.5, 0.6) is 0 Å². The fourth-order valence-electron chi connectivity index (χ4n) is 0.807. The van der Waals surface area contributed by atoms with Crippen LogP contribution in [-0.2, 0) is 4.74 Å². The molecule has 6 heteroatoms. The highest BCUT2D eigenvalue weighted by molar-refractivity contribution is 4.85. The van der Waals surface area contributed by atoms with Crippen LogP contribution in [0.1, 0.15) is 0 Å². The minimum Gasteiger partial charge on any atom is -0.388 e. The first-order valence-electron chi connectivity index (χ1n) is 3.04. The predicted octanol–water partition coefficient (Wildman–Crippen LogP) is -2.29. The molecule has 0 bridgehead atoms. The van der Waals surface area contributed by atoms with E-state index >= 15 is 0 Å². The zero-order valence-electron chi connectivity index (χ0n) is 5.51. The molecule has 1 fully saturated rings. The maximum atomic E-state index is 12.5. The Morgan fingerprint density at radius 1 is 1.36 bits per heavy atom. The summed E-state index contributed by atoms with van der Waals surface area (Å²) in [4.78, 5) is 0. The van der Waals surface area contributed by atoms with Crippen LogP contribution in [0.3, 0.4) is 0 Å². The molecule has 4 atom stereocenters. The van der Waals surface area contributed by atoms with Crippen LogP contribution in [0, 0.1) is 0 Å². The molecule has 1 unspecified atom stereocenters. The summed E-state index contributed by atoms with van der Waals surface area (Å²) in [5.41, 5.74) is 0. The van der Waals surface area contributed by atoms with Crippen molar-refractivity contribution >= 4 is 0 Å². The quantitative estimate of drug-likeness (QED) is 0.327. The summed E-state index contributed by atoms with van der Waals surface area (Å²) in [7, 11) is 0. The molecule has 5 nitrogen and oxygen atoms in total. The second-order valence-electron chi connectivity index (χ2n) is 2.42. The number of hydrogen-bond donors (Lipinski definition) is 4. The highest BCUT2D eigenvalue weighted by Crippen LogP contribution is 2.24. The predicted molar refractivity (Wildman–Crippen MR) is 30.0 cm³/mol. The van der Waals surface area contributed by atoms with E-state index in [2.05, 4.69) is 4.74 Å². The second kappa shape index (κ2) is 2.65. The van der Waals surface area contributed by atoms with Gasteiger partial charge in [0.05, 0.1) is 6.61 Å². The normalized spacial score (nSPS) is 52.6. The Bertz CT molecular complexity index is 150. The zero-order chi connectivity index (χ0) is 8.65. The van der Waals surface area contributed by atoms with Gasteiger partial charge in [-0.25, -0.2) is 0 Å². The van der Waals surface area contributed by atoms with Crippen molar-refractivity contribution in [1.82, 2.24) is 0 Å². The molecule has 1 heterocycles. The largest absolute Gasteiger partial charge is 0.388 e. The van der Waals surface area contributed by atoms with Crippen LogP contribution < -0.4 is 0 Å². The standard InChI is InChI=1S/C5H9FO5/c6-5(10)4(9)3(8)2(7)1-11-5/h2-4,7-10H,1H2/t2-,3+,4-,5?/m1/s1. The minimum atomic E-state index is -3.27. The third-order valence-electron chi connectivity index (χ3n) is 1.54. The fraction of sp³-hybridized carbons (Fsp3) is 1.00. The molecule has 0 aromatic carbocycles. The average molecular weight is 168 g/mol. The van der Waals surface area contributed by atoms with Gasteiger partial charge in [-0.2, -0.15) is 4.39 Å². The lowest BCUT2D eigenvalue weighted by Gasteiger charge is -2.35. The van der Waals surface area contributed by atoms with E-state index in [-0.39, 0.29) is 0 Å². The molecular formula is C5H9FO5. The molecule has 0 spiro atoms. The lowest BCUT2D eigenvalue weighted by Crippen LogP contribution is -2.58. The van der Waals surface area contributed by atoms with E-state index < -0.39 is 31.0 Å². The lowest BCUT2D eigenvalue weighted by molar-refractivity contribution is -0.380. The van der Waals surface area contributed by atoms with Crippen molar-refractivity contribution in [1.29, 1.82) is 0 Å². The molecule has 4 N–H and O–H groups in total. The molecule has 11 heavy (non-hydrogen) atoms. The van der Waals surface area contributed by atoms with Crippen molar-refractivity contribution < 1.29 is 29.6 Å². The Morgan fingerprint density at radius 2 is 1.91 bits per heavy atom. The summed E-state index contributed by atoms with van der Waals surface area (Å²) in [5.74, 6) is 0. The van der Waals surface area contributed by atoms with Gasteiger partial charge < -0.3 is 25.2 Å². The van der Waals surface area contributed by atoms with Crippen molar-refractivity contribution in [3.05, 3.63) is 0 Å². The Labute approximate surface area is 61.6 Å². The average Bonchev–Trinajstić information content (AvgIpc) is 1.95. The topological polar surface area (TPSA) is 90.2 Å². The van der Waals surface area contributed by atoms with E-state index in [4.69, 9.17) is 20.4 Å². The molecule has 0 saturated carbocycles. The van der Waals surface area contributed by atoms with Gasteiger partial charge in [0.25, 0.3) is 0 Å². The summed E-state index contributed by atoms with van der Waals surface area (Å²) in [6, 6.07) is -3.27. The Kier molecular flexibility index (Phi) is 2.13. The molecule has 1 saturated heterocycles. The van der Waals surface area contributed by atoms with Gasteiger partial charge in [-0.15, -0.1) is 0 Å². The monoisotopic (exact) mass is 168 g/mol. The van der Waals surface area contributed by atoms with Gasteiger partial charge in [-0.05, 0) is 0 Å². The zero-order valence-corrected chi connectivity index (χ0v) is 5.51. The van der Waals surface area contributed by atoms with Crippen molar-refractivity contribution in [2.24, 2.45) is 0 Å². The van der Waals surface area contributed by atoms with Crippen LogP contribution >= 0.6 is 0 Å². The molecule has 0 aromatic heterocycles. The van der Waals surface area contributed by atoms with Crippen molar-refractivity contribution in [3.63, 3.8) is 0 Å². The number of hydrogen-bond acceptors (Lipinski definition) is 5. The molecule has 1 aliphatic heterocycles. The second-order valence-corrected chi connectivity index (χ2v) is 2.42. The Morgan fingerprint density at radius 3 is 2.36 bits per heavy atom. The van der Waals surface area contributed by atoms with Crippen LogP contribution in [0.2, 0.25) is 0 Å². The van der Waals surface area contributed by atoms with E-state index in [9.17, 15) is 4.39 Å². The summed E-state index contributed by atoms with van der Waals surface area (Å²) in [6.07, 6.45) is -5.23. The van der Waals surface area contributed by atoms with Crippen molar-refractivity contribution in [2.45, 2.75) is 24.4 Å². The van der Waals surface area contributed by atoms with Crippen LogP contribution in [-0.4, -0.2) is 51.4 Å². The third kappa shape index (κ3) is 1.49. The fourth-order valence-corrected chi connectivity index (χ4v) is 0.807. The molecule has 0 amide bonds.